The van der Waals surface area contributed by atoms with Crippen LogP contribution in [0, 0.1) is 11.6 Å². The molecule has 0 saturated heterocycles. The van der Waals surface area contributed by atoms with E-state index in [9.17, 15) is 13.9 Å². The van der Waals surface area contributed by atoms with E-state index in [0.717, 1.165) is 29.8 Å². The Bertz CT molecular complexity index is 1130. The number of aliphatic hydroxyl groups is 1. The number of pyridine rings is 1. The van der Waals surface area contributed by atoms with E-state index in [2.05, 4.69) is 51.1 Å². The van der Waals surface area contributed by atoms with Crippen molar-refractivity contribution in [2.75, 3.05) is 5.32 Å². The fraction of sp³-hybridized carbons (Fsp3) is 0.440. The fourth-order valence-corrected chi connectivity index (χ4v) is 4.76. The number of rotatable bonds is 9. The van der Waals surface area contributed by atoms with Gasteiger partial charge in [0.1, 0.15) is 0 Å². The van der Waals surface area contributed by atoms with E-state index in [1.54, 1.807) is 6.20 Å². The number of nitrogens with one attached hydrogen (secondary N) is 1. The average Bonchev–Trinajstić information content (AvgIpc) is 3.17. The molecule has 2 N–H and O–H groups in total. The molecule has 0 aliphatic heterocycles. The van der Waals surface area contributed by atoms with Crippen LogP contribution in [0.1, 0.15) is 39.8 Å². The van der Waals surface area contributed by atoms with Crippen molar-refractivity contribution < 1.29 is 18.3 Å². The van der Waals surface area contributed by atoms with E-state index in [0.29, 0.717) is 23.7 Å². The maximum Gasteiger partial charge on any atom is 0.192 e. The minimum absolute atomic E-state index is 0.0465. The largest absolute Gasteiger partial charge is 0.412 e. The van der Waals surface area contributed by atoms with Crippen LogP contribution in [0.3, 0.4) is 0 Å². The first-order chi connectivity index (χ1) is 15.9. The van der Waals surface area contributed by atoms with Gasteiger partial charge in [0, 0.05) is 29.6 Å². The van der Waals surface area contributed by atoms with Crippen LogP contribution in [0.5, 0.6) is 0 Å². The summed E-state index contributed by atoms with van der Waals surface area (Å²) in [5.74, 6) is -1.34. The number of halogens is 2. The predicted octanol–water partition coefficient (Wildman–Crippen LogP) is 6.26. The van der Waals surface area contributed by atoms with Crippen LogP contribution < -0.4 is 5.32 Å². The molecule has 0 spiro atoms. The Hall–Kier alpha value is -2.62. The predicted molar refractivity (Wildman–Crippen MR) is 133 cm³/mol. The summed E-state index contributed by atoms with van der Waals surface area (Å²) in [6, 6.07) is 9.14. The van der Waals surface area contributed by atoms with Crippen molar-refractivity contribution in [3.8, 4) is 11.3 Å². The SMILES string of the molecule is CC[C@H](Cn1nc(Nc2ccc(F)c(F)c2)cc1-c1ccnc(CO)c1)O[Si](C)(C)C(C)(C)C. The highest BCUT2D eigenvalue weighted by Gasteiger charge is 2.39. The van der Waals surface area contributed by atoms with Crippen LogP contribution in [0.2, 0.25) is 18.1 Å². The second kappa shape index (κ2) is 10.3. The zero-order valence-electron chi connectivity index (χ0n) is 20.7. The molecule has 0 unspecified atom stereocenters. The maximum absolute atomic E-state index is 13.7. The monoisotopic (exact) mass is 488 g/mol. The van der Waals surface area contributed by atoms with E-state index in [1.807, 2.05) is 22.9 Å². The highest BCUT2D eigenvalue weighted by atomic mass is 28.4. The normalized spacial score (nSPS) is 13.2. The summed E-state index contributed by atoms with van der Waals surface area (Å²) in [7, 11) is -2.00. The van der Waals surface area contributed by atoms with Crippen molar-refractivity contribution in [2.24, 2.45) is 0 Å². The number of aliphatic hydroxyl groups excluding tert-OH is 1. The van der Waals surface area contributed by atoms with E-state index < -0.39 is 20.0 Å². The van der Waals surface area contributed by atoms with Crippen molar-refractivity contribution in [3.05, 3.63) is 59.9 Å². The lowest BCUT2D eigenvalue weighted by Gasteiger charge is -2.39. The summed E-state index contributed by atoms with van der Waals surface area (Å²) in [5.41, 5.74) is 2.59. The van der Waals surface area contributed by atoms with Crippen molar-refractivity contribution in [1.82, 2.24) is 14.8 Å². The van der Waals surface area contributed by atoms with Gasteiger partial charge in [-0.2, -0.15) is 5.10 Å². The van der Waals surface area contributed by atoms with Gasteiger partial charge in [0.2, 0.25) is 0 Å². The molecule has 184 valence electrons. The first-order valence-corrected chi connectivity index (χ1v) is 14.4. The molecule has 0 bridgehead atoms. The maximum atomic E-state index is 13.7. The zero-order chi connectivity index (χ0) is 25.1. The molecule has 2 aromatic heterocycles. The molecule has 0 aliphatic rings. The van der Waals surface area contributed by atoms with Crippen LogP contribution in [0.4, 0.5) is 20.3 Å². The third-order valence-corrected chi connectivity index (χ3v) is 10.9. The Morgan fingerprint density at radius 1 is 1.12 bits per heavy atom. The van der Waals surface area contributed by atoms with Gasteiger partial charge in [-0.05, 0) is 48.8 Å². The van der Waals surface area contributed by atoms with Crippen LogP contribution >= 0.6 is 0 Å². The smallest absolute Gasteiger partial charge is 0.192 e. The molecule has 6 nitrogen and oxygen atoms in total. The molecule has 3 aromatic rings. The standard InChI is InChI=1S/C25H34F2N4O2Si/c1-7-20(33-34(5,6)25(2,3)4)15-31-23(17-10-11-28-19(12-17)16-32)14-24(30-31)29-18-8-9-21(26)22(27)13-18/h8-14,20,32H,7,15-16H2,1-6H3,(H,29,30)/t20-/m1/s1. The quantitative estimate of drug-likeness (QED) is 0.348. The lowest BCUT2D eigenvalue weighted by Crippen LogP contribution is -2.44. The Morgan fingerprint density at radius 2 is 1.85 bits per heavy atom. The summed E-state index contributed by atoms with van der Waals surface area (Å²) in [6.07, 6.45) is 2.41. The molecule has 2 heterocycles. The van der Waals surface area contributed by atoms with Crippen molar-refractivity contribution >= 4 is 19.8 Å². The number of hydrogen-bond acceptors (Lipinski definition) is 5. The summed E-state index contributed by atoms with van der Waals surface area (Å²) in [6.45, 7) is 13.5. The minimum Gasteiger partial charge on any atom is -0.412 e. The fourth-order valence-electron chi connectivity index (χ4n) is 3.33. The molecule has 1 aromatic carbocycles. The van der Waals surface area contributed by atoms with E-state index in [4.69, 9.17) is 9.52 Å². The van der Waals surface area contributed by atoms with E-state index >= 15 is 0 Å². The zero-order valence-corrected chi connectivity index (χ0v) is 21.7. The van der Waals surface area contributed by atoms with Gasteiger partial charge in [-0.1, -0.05) is 27.7 Å². The highest BCUT2D eigenvalue weighted by Crippen LogP contribution is 2.38. The van der Waals surface area contributed by atoms with E-state index in [1.165, 1.54) is 6.07 Å². The number of benzene rings is 1. The summed E-state index contributed by atoms with van der Waals surface area (Å²) >= 11 is 0. The molecule has 0 radical (unpaired) electrons. The molecule has 34 heavy (non-hydrogen) atoms. The van der Waals surface area contributed by atoms with Crippen LogP contribution in [-0.2, 0) is 17.6 Å². The van der Waals surface area contributed by atoms with E-state index in [-0.39, 0.29) is 17.7 Å². The molecular formula is C25H34F2N4O2Si. The number of aromatic nitrogens is 3. The van der Waals surface area contributed by atoms with Crippen LogP contribution in [0.15, 0.2) is 42.6 Å². The Morgan fingerprint density at radius 3 is 2.47 bits per heavy atom. The molecule has 0 amide bonds. The molecule has 9 heteroatoms. The number of hydrogen-bond donors (Lipinski definition) is 2. The summed E-state index contributed by atoms with van der Waals surface area (Å²) < 4.78 is 35.6. The highest BCUT2D eigenvalue weighted by molar-refractivity contribution is 6.74. The third-order valence-electron chi connectivity index (χ3n) is 6.35. The van der Waals surface area contributed by atoms with Crippen LogP contribution in [-0.4, -0.2) is 34.3 Å². The number of anilines is 2. The summed E-state index contributed by atoms with van der Waals surface area (Å²) in [4.78, 5) is 4.17. The molecule has 1 atom stereocenters. The topological polar surface area (TPSA) is 72.2 Å². The average molecular weight is 489 g/mol. The van der Waals surface area contributed by atoms with Gasteiger partial charge in [-0.3, -0.25) is 9.67 Å². The van der Waals surface area contributed by atoms with Gasteiger partial charge < -0.3 is 14.8 Å². The van der Waals surface area contributed by atoms with Gasteiger partial charge in [-0.15, -0.1) is 0 Å². The van der Waals surface area contributed by atoms with Crippen molar-refractivity contribution in [3.63, 3.8) is 0 Å². The summed E-state index contributed by atoms with van der Waals surface area (Å²) in [5, 5.41) is 17.4. The first-order valence-electron chi connectivity index (χ1n) is 11.5. The lowest BCUT2D eigenvalue weighted by molar-refractivity contribution is 0.153. The second-order valence-corrected chi connectivity index (χ2v) is 14.7. The van der Waals surface area contributed by atoms with Gasteiger partial charge in [0.25, 0.3) is 0 Å². The third kappa shape index (κ3) is 6.08. The molecule has 0 aliphatic carbocycles. The Labute approximate surface area is 201 Å². The number of nitrogens with zero attached hydrogens (tertiary/aromatic N) is 3. The van der Waals surface area contributed by atoms with Crippen LogP contribution in [0.25, 0.3) is 11.3 Å². The van der Waals surface area contributed by atoms with Gasteiger partial charge >= 0.3 is 0 Å². The van der Waals surface area contributed by atoms with Gasteiger partial charge in [0.05, 0.1) is 30.6 Å². The van der Waals surface area contributed by atoms with Gasteiger partial charge in [-0.25, -0.2) is 8.78 Å². The van der Waals surface area contributed by atoms with Gasteiger partial charge in [0.15, 0.2) is 25.8 Å². The molecule has 0 saturated carbocycles. The second-order valence-electron chi connectivity index (χ2n) is 9.95. The lowest BCUT2D eigenvalue weighted by atomic mass is 10.1. The first kappa shape index (κ1) is 26.0. The minimum atomic E-state index is -2.00. The Balaban J connectivity index is 1.96. The van der Waals surface area contributed by atoms with Crippen molar-refractivity contribution in [2.45, 2.75) is 71.5 Å². The molecular weight excluding hydrogens is 454 g/mol. The molecule has 0 fully saturated rings. The Kier molecular flexibility index (Phi) is 7.90. The van der Waals surface area contributed by atoms with Crippen molar-refractivity contribution in [1.29, 1.82) is 0 Å². The molecule has 3 rings (SSSR count).